The maximum Gasteiger partial charge on any atom is 0.257 e. The van der Waals surface area contributed by atoms with Crippen molar-refractivity contribution in [2.24, 2.45) is 0 Å². The smallest absolute Gasteiger partial charge is 0.257 e. The molecule has 0 radical (unpaired) electrons. The van der Waals surface area contributed by atoms with Crippen molar-refractivity contribution in [1.82, 2.24) is 29.7 Å². The van der Waals surface area contributed by atoms with Crippen LogP contribution in [0, 0.1) is 5.82 Å². The van der Waals surface area contributed by atoms with Crippen LogP contribution in [-0.4, -0.2) is 100 Å². The molecule has 46 heavy (non-hydrogen) atoms. The zero-order chi connectivity index (χ0) is 32.4. The van der Waals surface area contributed by atoms with Gasteiger partial charge in [0.05, 0.1) is 11.8 Å². The summed E-state index contributed by atoms with van der Waals surface area (Å²) in [4.78, 5) is 35.6. The number of carbonyl (C=O) groups is 1. The van der Waals surface area contributed by atoms with Crippen molar-refractivity contribution < 1.29 is 18.7 Å². The second-order valence-corrected chi connectivity index (χ2v) is 13.1. The predicted molar refractivity (Wildman–Crippen MR) is 175 cm³/mol. The van der Waals surface area contributed by atoms with Gasteiger partial charge in [-0.25, -0.2) is 14.4 Å². The fourth-order valence-corrected chi connectivity index (χ4v) is 6.89. The molecule has 1 saturated heterocycles. The van der Waals surface area contributed by atoms with Crippen LogP contribution in [0.4, 0.5) is 10.2 Å². The Morgan fingerprint density at radius 1 is 1.07 bits per heavy atom. The average molecular weight is 632 g/mol. The zero-order valence-corrected chi connectivity index (χ0v) is 27.7. The highest BCUT2D eigenvalue weighted by molar-refractivity contribution is 5.97. The average Bonchev–Trinajstić information content (AvgIpc) is 3.02. The van der Waals surface area contributed by atoms with Crippen molar-refractivity contribution in [3.05, 3.63) is 65.6 Å². The van der Waals surface area contributed by atoms with Gasteiger partial charge in [-0.05, 0) is 72.0 Å². The summed E-state index contributed by atoms with van der Waals surface area (Å²) in [6.07, 6.45) is 10.1. The summed E-state index contributed by atoms with van der Waals surface area (Å²) in [5.41, 5.74) is 2.57. The number of benzene rings is 1. The fraction of sp³-hybridized carbons (Fsp3) is 0.543. The molecule has 3 aliphatic rings. The number of rotatable bonds is 10. The molecule has 1 saturated carbocycles. The number of piperidine rings is 1. The summed E-state index contributed by atoms with van der Waals surface area (Å²) in [6.45, 7) is 9.67. The molecule has 2 fully saturated rings. The largest absolute Gasteiger partial charge is 0.490 e. The summed E-state index contributed by atoms with van der Waals surface area (Å²) in [6, 6.07) is 7.32. The molecule has 2 aromatic heterocycles. The van der Waals surface area contributed by atoms with E-state index >= 15 is 0 Å². The van der Waals surface area contributed by atoms with Crippen molar-refractivity contribution in [2.45, 2.75) is 83.6 Å². The molecule has 1 aliphatic carbocycles. The Hall–Kier alpha value is -3.83. The Kier molecular flexibility index (Phi) is 9.70. The van der Waals surface area contributed by atoms with Crippen LogP contribution < -0.4 is 14.4 Å². The van der Waals surface area contributed by atoms with Crippen LogP contribution in [0.3, 0.4) is 0 Å². The van der Waals surface area contributed by atoms with Gasteiger partial charge in [-0.1, -0.05) is 0 Å². The number of halogens is 1. The van der Waals surface area contributed by atoms with E-state index in [4.69, 9.17) is 14.5 Å². The van der Waals surface area contributed by atoms with Gasteiger partial charge >= 0.3 is 0 Å². The lowest BCUT2D eigenvalue weighted by atomic mass is 9.83. The normalized spacial score (nSPS) is 20.4. The van der Waals surface area contributed by atoms with Gasteiger partial charge in [0.1, 0.15) is 29.7 Å². The van der Waals surface area contributed by atoms with Crippen LogP contribution in [-0.2, 0) is 13.0 Å². The van der Waals surface area contributed by atoms with Gasteiger partial charge in [0.25, 0.3) is 5.91 Å². The summed E-state index contributed by atoms with van der Waals surface area (Å²) >= 11 is 0. The van der Waals surface area contributed by atoms with Crippen LogP contribution in [0.5, 0.6) is 17.2 Å². The first kappa shape index (κ1) is 32.1. The molecular weight excluding hydrogens is 585 g/mol. The quantitative estimate of drug-likeness (QED) is 0.301. The van der Waals surface area contributed by atoms with Crippen molar-refractivity contribution in [2.75, 3.05) is 45.2 Å². The van der Waals surface area contributed by atoms with E-state index in [2.05, 4.69) is 38.8 Å². The maximum absolute atomic E-state index is 14.3. The number of fused-ring (bicyclic) bond motifs is 1. The monoisotopic (exact) mass is 631 g/mol. The number of hydrogen-bond acceptors (Lipinski definition) is 9. The molecule has 6 rings (SSSR count). The van der Waals surface area contributed by atoms with Crippen molar-refractivity contribution in [3.8, 4) is 17.2 Å². The third-order valence-electron chi connectivity index (χ3n) is 9.74. The minimum absolute atomic E-state index is 0.0390. The zero-order valence-electron chi connectivity index (χ0n) is 27.7. The topological polar surface area (TPSA) is 87.2 Å². The second kappa shape index (κ2) is 13.9. The van der Waals surface area contributed by atoms with Crippen LogP contribution in [0.25, 0.3) is 0 Å². The lowest BCUT2D eigenvalue weighted by molar-refractivity contribution is 0.0425. The highest BCUT2D eigenvalue weighted by Gasteiger charge is 2.37. The molecule has 11 heteroatoms. The molecule has 246 valence electrons. The molecule has 0 atom stereocenters. The van der Waals surface area contributed by atoms with Crippen molar-refractivity contribution >= 4 is 11.7 Å². The molecule has 0 bridgehead atoms. The lowest BCUT2D eigenvalue weighted by Gasteiger charge is -2.47. The van der Waals surface area contributed by atoms with E-state index in [9.17, 15) is 9.18 Å². The summed E-state index contributed by atoms with van der Waals surface area (Å²) in [5.74, 6) is 1.52. The number of amides is 1. The maximum atomic E-state index is 14.3. The van der Waals surface area contributed by atoms with Gasteiger partial charge in [-0.2, -0.15) is 0 Å². The summed E-state index contributed by atoms with van der Waals surface area (Å²) in [5, 5.41) is 0. The SMILES string of the molecule is CCN(C(=O)c1cc(F)ccc1Oc1cncnc1N1CCC(Oc2ccnc3c2CN(C2CC(N(C)C)C2)CC3)CC1)C(C)C. The van der Waals surface area contributed by atoms with Gasteiger partial charge in [-0.15, -0.1) is 0 Å². The van der Waals surface area contributed by atoms with E-state index in [1.165, 1.54) is 42.9 Å². The lowest BCUT2D eigenvalue weighted by Crippen LogP contribution is -2.53. The molecular formula is C35H46FN7O3. The van der Waals surface area contributed by atoms with Gasteiger partial charge in [0, 0.05) is 87.6 Å². The van der Waals surface area contributed by atoms with Crippen LogP contribution in [0.1, 0.15) is 68.1 Å². The van der Waals surface area contributed by atoms with E-state index in [1.807, 2.05) is 33.0 Å². The van der Waals surface area contributed by atoms with Crippen molar-refractivity contribution in [1.29, 1.82) is 0 Å². The highest BCUT2D eigenvalue weighted by atomic mass is 19.1. The van der Waals surface area contributed by atoms with Crippen LogP contribution >= 0.6 is 0 Å². The number of anilines is 1. The highest BCUT2D eigenvalue weighted by Crippen LogP contribution is 2.37. The molecule has 10 nitrogen and oxygen atoms in total. The number of hydrogen-bond donors (Lipinski definition) is 0. The van der Waals surface area contributed by atoms with Gasteiger partial charge in [-0.3, -0.25) is 14.7 Å². The van der Waals surface area contributed by atoms with Gasteiger partial charge in [0.15, 0.2) is 11.6 Å². The number of nitrogens with zero attached hydrogens (tertiary/aromatic N) is 7. The predicted octanol–water partition coefficient (Wildman–Crippen LogP) is 5.17. The Morgan fingerprint density at radius 2 is 1.85 bits per heavy atom. The van der Waals surface area contributed by atoms with Gasteiger partial charge < -0.3 is 24.2 Å². The number of pyridine rings is 1. The Labute approximate surface area is 271 Å². The molecule has 1 aromatic carbocycles. The first-order valence-electron chi connectivity index (χ1n) is 16.6. The number of aromatic nitrogens is 3. The first-order chi connectivity index (χ1) is 22.2. The number of ether oxygens (including phenoxy) is 2. The minimum Gasteiger partial charge on any atom is -0.490 e. The van der Waals surface area contributed by atoms with E-state index in [0.717, 1.165) is 56.9 Å². The van der Waals surface area contributed by atoms with Crippen molar-refractivity contribution in [3.63, 3.8) is 0 Å². The van der Waals surface area contributed by atoms with E-state index < -0.39 is 5.82 Å². The first-order valence-corrected chi connectivity index (χ1v) is 16.6. The molecule has 3 aromatic rings. The molecule has 0 spiro atoms. The molecule has 4 heterocycles. The van der Waals surface area contributed by atoms with E-state index in [0.29, 0.717) is 30.2 Å². The van der Waals surface area contributed by atoms with E-state index in [-0.39, 0.29) is 29.4 Å². The fourth-order valence-electron chi connectivity index (χ4n) is 6.89. The van der Waals surface area contributed by atoms with Crippen LogP contribution in [0.2, 0.25) is 0 Å². The Bertz CT molecular complexity index is 1520. The molecule has 2 aliphatic heterocycles. The Balaban J connectivity index is 1.11. The summed E-state index contributed by atoms with van der Waals surface area (Å²) < 4.78 is 27.2. The van der Waals surface area contributed by atoms with Gasteiger partial charge in [0.2, 0.25) is 0 Å². The minimum atomic E-state index is -0.494. The number of carbonyl (C=O) groups excluding carboxylic acids is 1. The molecule has 1 amide bonds. The van der Waals surface area contributed by atoms with Crippen LogP contribution in [0.15, 0.2) is 43.0 Å². The van der Waals surface area contributed by atoms with E-state index in [1.54, 1.807) is 11.1 Å². The molecule has 0 unspecified atom stereocenters. The standard InChI is InChI=1S/C35H46FN7O3/c1-6-43(23(2)3)35(44)28-17-24(36)7-8-31(28)46-33-20-37-22-39-34(33)41-14-10-27(11-15-41)45-32-9-13-38-30-12-16-42(21-29(30)32)26-18-25(19-26)40(4)5/h7-9,13,17,20,22-23,25-27H,6,10-12,14-16,18-19,21H2,1-5H3. The Morgan fingerprint density at radius 3 is 2.57 bits per heavy atom. The third kappa shape index (κ3) is 6.80. The second-order valence-electron chi connectivity index (χ2n) is 13.1. The third-order valence-corrected chi connectivity index (χ3v) is 9.74. The molecule has 0 N–H and O–H groups in total. The summed E-state index contributed by atoms with van der Waals surface area (Å²) in [7, 11) is 4.34.